The second-order valence-corrected chi connectivity index (χ2v) is 5.22. The summed E-state index contributed by atoms with van der Waals surface area (Å²) in [5, 5.41) is 3.27. The van der Waals surface area contributed by atoms with Gasteiger partial charge in [0.15, 0.2) is 0 Å². The molecule has 1 atom stereocenters. The second kappa shape index (κ2) is 6.53. The van der Waals surface area contributed by atoms with Gasteiger partial charge in [-0.25, -0.2) is 0 Å². The van der Waals surface area contributed by atoms with Crippen LogP contribution in [-0.4, -0.2) is 13.6 Å². The molecule has 0 spiro atoms. The van der Waals surface area contributed by atoms with Gasteiger partial charge in [0, 0.05) is 5.92 Å². The molecule has 2 aromatic rings. The number of nitrogens with one attached hydrogen (secondary N) is 1. The molecule has 2 rings (SSSR count). The summed E-state index contributed by atoms with van der Waals surface area (Å²) >= 11 is 0. The Hall–Kier alpha value is -1.60. The first-order valence-corrected chi connectivity index (χ1v) is 6.99. The van der Waals surface area contributed by atoms with Crippen molar-refractivity contribution in [3.05, 3.63) is 70.8 Å². The summed E-state index contributed by atoms with van der Waals surface area (Å²) in [6.45, 7) is 5.42. The number of hydrogen-bond donors (Lipinski definition) is 1. The van der Waals surface area contributed by atoms with Gasteiger partial charge in [-0.2, -0.15) is 0 Å². The van der Waals surface area contributed by atoms with Crippen LogP contribution in [0.1, 0.15) is 34.6 Å². The fourth-order valence-electron chi connectivity index (χ4n) is 2.61. The normalized spacial score (nSPS) is 12.4. The standard InChI is InChI=1S/C18H23N/c1-14-9-10-15(2)18(13-14)17(11-12-19-3)16-7-5-4-6-8-16/h4-10,13,17,19H,11-12H2,1-3H3. The molecule has 0 aliphatic rings. The van der Waals surface area contributed by atoms with Crippen molar-refractivity contribution in [1.82, 2.24) is 5.32 Å². The van der Waals surface area contributed by atoms with E-state index in [9.17, 15) is 0 Å². The number of hydrogen-bond acceptors (Lipinski definition) is 1. The minimum absolute atomic E-state index is 0.480. The number of aryl methyl sites for hydroxylation is 2. The molecule has 19 heavy (non-hydrogen) atoms. The average Bonchev–Trinajstić information content (AvgIpc) is 2.44. The van der Waals surface area contributed by atoms with E-state index < -0.39 is 0 Å². The zero-order valence-electron chi connectivity index (χ0n) is 12.1. The minimum atomic E-state index is 0.480. The van der Waals surface area contributed by atoms with Crippen molar-refractivity contribution in [2.45, 2.75) is 26.2 Å². The van der Waals surface area contributed by atoms with Crippen molar-refractivity contribution in [3.63, 3.8) is 0 Å². The fraction of sp³-hybridized carbons (Fsp3) is 0.333. The Bertz CT molecular complexity index is 516. The van der Waals surface area contributed by atoms with E-state index in [0.29, 0.717) is 5.92 Å². The highest BCUT2D eigenvalue weighted by Gasteiger charge is 2.15. The first-order chi connectivity index (χ1) is 9.22. The van der Waals surface area contributed by atoms with Crippen LogP contribution >= 0.6 is 0 Å². The molecule has 0 radical (unpaired) electrons. The zero-order chi connectivity index (χ0) is 13.7. The van der Waals surface area contributed by atoms with Crippen molar-refractivity contribution in [2.24, 2.45) is 0 Å². The molecule has 0 bridgehead atoms. The smallest absolute Gasteiger partial charge is 0.0104 e. The monoisotopic (exact) mass is 253 g/mol. The van der Waals surface area contributed by atoms with E-state index in [0.717, 1.165) is 13.0 Å². The molecule has 0 heterocycles. The van der Waals surface area contributed by atoms with Gasteiger partial charge in [0.1, 0.15) is 0 Å². The Morgan fingerprint density at radius 2 is 1.74 bits per heavy atom. The largest absolute Gasteiger partial charge is 0.320 e. The molecule has 0 aromatic heterocycles. The van der Waals surface area contributed by atoms with Gasteiger partial charge in [-0.15, -0.1) is 0 Å². The van der Waals surface area contributed by atoms with Crippen molar-refractivity contribution in [3.8, 4) is 0 Å². The number of benzene rings is 2. The summed E-state index contributed by atoms with van der Waals surface area (Å²) in [6.07, 6.45) is 1.13. The van der Waals surface area contributed by atoms with Crippen molar-refractivity contribution >= 4 is 0 Å². The van der Waals surface area contributed by atoms with E-state index in [1.54, 1.807) is 0 Å². The first-order valence-electron chi connectivity index (χ1n) is 6.99. The third-order valence-corrected chi connectivity index (χ3v) is 3.70. The van der Waals surface area contributed by atoms with Gasteiger partial charge in [-0.1, -0.05) is 54.1 Å². The Morgan fingerprint density at radius 1 is 1.00 bits per heavy atom. The van der Waals surface area contributed by atoms with E-state index >= 15 is 0 Å². The molecule has 0 aliphatic carbocycles. The van der Waals surface area contributed by atoms with E-state index in [2.05, 4.69) is 67.7 Å². The molecule has 0 amide bonds. The highest BCUT2D eigenvalue weighted by molar-refractivity contribution is 5.39. The molecule has 100 valence electrons. The van der Waals surface area contributed by atoms with Crippen LogP contribution in [0, 0.1) is 13.8 Å². The fourth-order valence-corrected chi connectivity index (χ4v) is 2.61. The van der Waals surface area contributed by atoms with Gasteiger partial charge in [0.2, 0.25) is 0 Å². The van der Waals surface area contributed by atoms with Crippen LogP contribution in [0.25, 0.3) is 0 Å². The molecule has 0 aliphatic heterocycles. The third-order valence-electron chi connectivity index (χ3n) is 3.70. The highest BCUT2D eigenvalue weighted by atomic mass is 14.8. The van der Waals surface area contributed by atoms with Crippen molar-refractivity contribution in [1.29, 1.82) is 0 Å². The minimum Gasteiger partial charge on any atom is -0.320 e. The van der Waals surface area contributed by atoms with Crippen LogP contribution in [0.3, 0.4) is 0 Å². The van der Waals surface area contributed by atoms with E-state index in [1.807, 2.05) is 7.05 Å². The average molecular weight is 253 g/mol. The Morgan fingerprint density at radius 3 is 2.42 bits per heavy atom. The van der Waals surface area contributed by atoms with Gasteiger partial charge in [-0.05, 0) is 50.6 Å². The maximum Gasteiger partial charge on any atom is 0.0104 e. The molecule has 1 N–H and O–H groups in total. The van der Waals surface area contributed by atoms with E-state index in [1.165, 1.54) is 22.3 Å². The van der Waals surface area contributed by atoms with E-state index in [-0.39, 0.29) is 0 Å². The second-order valence-electron chi connectivity index (χ2n) is 5.22. The van der Waals surface area contributed by atoms with Crippen molar-refractivity contribution in [2.75, 3.05) is 13.6 Å². The van der Waals surface area contributed by atoms with Crippen LogP contribution in [0.15, 0.2) is 48.5 Å². The summed E-state index contributed by atoms with van der Waals surface area (Å²) in [4.78, 5) is 0. The van der Waals surface area contributed by atoms with Gasteiger partial charge < -0.3 is 5.32 Å². The lowest BCUT2D eigenvalue weighted by atomic mass is 9.85. The zero-order valence-corrected chi connectivity index (χ0v) is 12.1. The van der Waals surface area contributed by atoms with Crippen molar-refractivity contribution < 1.29 is 0 Å². The summed E-state index contributed by atoms with van der Waals surface area (Å²) in [7, 11) is 2.02. The van der Waals surface area contributed by atoms with Crippen LogP contribution in [-0.2, 0) is 0 Å². The van der Waals surface area contributed by atoms with Gasteiger partial charge >= 0.3 is 0 Å². The topological polar surface area (TPSA) is 12.0 Å². The maximum atomic E-state index is 3.27. The highest BCUT2D eigenvalue weighted by Crippen LogP contribution is 2.30. The molecule has 0 fully saturated rings. The Kier molecular flexibility index (Phi) is 4.75. The van der Waals surface area contributed by atoms with Crippen LogP contribution in [0.2, 0.25) is 0 Å². The lowest BCUT2D eigenvalue weighted by Gasteiger charge is -2.20. The quantitative estimate of drug-likeness (QED) is 0.848. The third kappa shape index (κ3) is 3.45. The lowest BCUT2D eigenvalue weighted by Crippen LogP contribution is -2.14. The molecule has 0 saturated carbocycles. The molecular formula is C18H23N. The molecule has 1 nitrogen and oxygen atoms in total. The Balaban J connectivity index is 2.40. The summed E-state index contributed by atoms with van der Waals surface area (Å²) in [6, 6.07) is 17.6. The van der Waals surface area contributed by atoms with Crippen LogP contribution < -0.4 is 5.32 Å². The molecule has 1 unspecified atom stereocenters. The van der Waals surface area contributed by atoms with Gasteiger partial charge in [0.05, 0.1) is 0 Å². The SMILES string of the molecule is CNCCC(c1ccccc1)c1cc(C)ccc1C. The predicted molar refractivity (Wildman–Crippen MR) is 82.7 cm³/mol. The van der Waals surface area contributed by atoms with Crippen LogP contribution in [0.5, 0.6) is 0 Å². The molecule has 2 aromatic carbocycles. The van der Waals surface area contributed by atoms with Crippen LogP contribution in [0.4, 0.5) is 0 Å². The van der Waals surface area contributed by atoms with Gasteiger partial charge in [-0.3, -0.25) is 0 Å². The summed E-state index contributed by atoms with van der Waals surface area (Å²) in [5.41, 5.74) is 5.59. The first kappa shape index (κ1) is 13.8. The molecule has 0 saturated heterocycles. The maximum absolute atomic E-state index is 3.27. The predicted octanol–water partition coefficient (Wildman–Crippen LogP) is 4.04. The lowest BCUT2D eigenvalue weighted by molar-refractivity contribution is 0.659. The van der Waals surface area contributed by atoms with Gasteiger partial charge in [0.25, 0.3) is 0 Å². The molecular weight excluding hydrogens is 230 g/mol. The Labute approximate surface area is 116 Å². The summed E-state index contributed by atoms with van der Waals surface area (Å²) < 4.78 is 0. The molecule has 1 heteroatoms. The number of rotatable bonds is 5. The van der Waals surface area contributed by atoms with E-state index in [4.69, 9.17) is 0 Å². The summed E-state index contributed by atoms with van der Waals surface area (Å²) in [5.74, 6) is 0.480.